The second-order valence-corrected chi connectivity index (χ2v) is 6.55. The van der Waals surface area contributed by atoms with Gasteiger partial charge in [0.2, 0.25) is 0 Å². The van der Waals surface area contributed by atoms with E-state index in [9.17, 15) is 4.79 Å². The summed E-state index contributed by atoms with van der Waals surface area (Å²) in [5.41, 5.74) is 1.57. The smallest absolute Gasteiger partial charge is 0.291 e. The van der Waals surface area contributed by atoms with Gasteiger partial charge in [0.15, 0.2) is 5.76 Å². The summed E-state index contributed by atoms with van der Waals surface area (Å²) < 4.78 is 11.4. The first-order valence-electron chi connectivity index (χ1n) is 8.23. The predicted molar refractivity (Wildman–Crippen MR) is 108 cm³/mol. The van der Waals surface area contributed by atoms with Crippen molar-refractivity contribution in [3.8, 4) is 5.75 Å². The number of amides is 1. The van der Waals surface area contributed by atoms with Crippen molar-refractivity contribution in [3.63, 3.8) is 0 Å². The third-order valence-corrected chi connectivity index (χ3v) is 4.51. The number of hydrogen-bond acceptors (Lipinski definition) is 3. The van der Waals surface area contributed by atoms with Crippen molar-refractivity contribution in [2.75, 3.05) is 5.32 Å². The minimum atomic E-state index is -0.383. The maximum atomic E-state index is 12.3. The Hall–Kier alpha value is -2.69. The lowest BCUT2D eigenvalue weighted by molar-refractivity contribution is 0.0992. The van der Waals surface area contributed by atoms with Crippen LogP contribution < -0.4 is 10.1 Å². The van der Waals surface area contributed by atoms with Gasteiger partial charge in [-0.15, -0.1) is 6.58 Å². The summed E-state index contributed by atoms with van der Waals surface area (Å²) in [4.78, 5) is 12.3. The molecule has 6 heteroatoms. The fourth-order valence-corrected chi connectivity index (χ4v) is 2.76. The van der Waals surface area contributed by atoms with Gasteiger partial charge >= 0.3 is 0 Å². The van der Waals surface area contributed by atoms with Gasteiger partial charge in [-0.2, -0.15) is 0 Å². The second kappa shape index (κ2) is 8.80. The lowest BCUT2D eigenvalue weighted by Gasteiger charge is -2.09. The van der Waals surface area contributed by atoms with Crippen LogP contribution in [0.1, 0.15) is 21.9 Å². The Kier molecular flexibility index (Phi) is 6.22. The van der Waals surface area contributed by atoms with E-state index in [0.29, 0.717) is 27.9 Å². The number of allylic oxidation sites excluding steroid dienone is 1. The number of hydrogen-bond donors (Lipinski definition) is 1. The topological polar surface area (TPSA) is 51.5 Å². The van der Waals surface area contributed by atoms with Crippen molar-refractivity contribution in [1.82, 2.24) is 0 Å². The van der Waals surface area contributed by atoms with Crippen LogP contribution in [0.15, 0.2) is 71.7 Å². The van der Waals surface area contributed by atoms with E-state index in [1.807, 2.05) is 30.3 Å². The highest BCUT2D eigenvalue weighted by atomic mass is 35.5. The molecule has 0 aliphatic rings. The molecule has 27 heavy (non-hydrogen) atoms. The molecule has 0 aliphatic heterocycles. The van der Waals surface area contributed by atoms with Crippen molar-refractivity contribution >= 4 is 34.8 Å². The number of carbonyl (C=O) groups is 1. The molecule has 0 spiro atoms. The Morgan fingerprint density at radius 3 is 2.70 bits per heavy atom. The third kappa shape index (κ3) is 4.94. The summed E-state index contributed by atoms with van der Waals surface area (Å²) in [5.74, 6) is 1.10. The summed E-state index contributed by atoms with van der Waals surface area (Å²) in [6.45, 7) is 3.97. The molecule has 0 radical (unpaired) electrons. The Balaban J connectivity index is 1.63. The quantitative estimate of drug-likeness (QED) is 0.483. The summed E-state index contributed by atoms with van der Waals surface area (Å²) in [5, 5.41) is 3.49. The van der Waals surface area contributed by atoms with Gasteiger partial charge in [0.1, 0.15) is 18.1 Å². The van der Waals surface area contributed by atoms with Crippen LogP contribution in [0, 0.1) is 0 Å². The summed E-state index contributed by atoms with van der Waals surface area (Å²) in [6.07, 6.45) is 2.53. The molecule has 3 rings (SSSR count). The summed E-state index contributed by atoms with van der Waals surface area (Å²) >= 11 is 11.8. The minimum absolute atomic E-state index is 0.180. The van der Waals surface area contributed by atoms with Crippen LogP contribution in [0.4, 0.5) is 5.69 Å². The van der Waals surface area contributed by atoms with E-state index in [1.165, 1.54) is 0 Å². The highest BCUT2D eigenvalue weighted by Crippen LogP contribution is 2.25. The van der Waals surface area contributed by atoms with Crippen LogP contribution in [0.2, 0.25) is 10.0 Å². The van der Waals surface area contributed by atoms with Gasteiger partial charge in [-0.3, -0.25) is 4.79 Å². The number of para-hydroxylation sites is 1. The SMILES string of the molecule is C=CCc1ccccc1OCc1ccc(C(=O)Nc2ccc(Cl)c(Cl)c2)o1. The van der Waals surface area contributed by atoms with Crippen molar-refractivity contribution in [3.05, 3.63) is 94.4 Å². The first-order valence-corrected chi connectivity index (χ1v) is 8.99. The molecule has 0 saturated heterocycles. The lowest BCUT2D eigenvalue weighted by Crippen LogP contribution is -2.10. The van der Waals surface area contributed by atoms with Crippen molar-refractivity contribution in [2.24, 2.45) is 0 Å². The Labute approximate surface area is 167 Å². The average molecular weight is 402 g/mol. The standard InChI is InChI=1S/C21H17Cl2NO3/c1-2-5-14-6-3-4-7-19(14)26-13-16-9-11-20(27-16)21(25)24-15-8-10-17(22)18(23)12-15/h2-4,6-12H,1,5,13H2,(H,24,25). The van der Waals surface area contributed by atoms with E-state index in [2.05, 4.69) is 11.9 Å². The van der Waals surface area contributed by atoms with Crippen molar-refractivity contribution in [2.45, 2.75) is 13.0 Å². The molecule has 1 amide bonds. The molecule has 0 atom stereocenters. The molecule has 1 N–H and O–H groups in total. The van der Waals surface area contributed by atoms with Crippen LogP contribution in [-0.4, -0.2) is 5.91 Å². The normalized spacial score (nSPS) is 10.4. The molecule has 138 valence electrons. The van der Waals surface area contributed by atoms with Gasteiger partial charge in [0, 0.05) is 5.69 Å². The number of halogens is 2. The first kappa shape index (κ1) is 19.1. The minimum Gasteiger partial charge on any atom is -0.485 e. The van der Waals surface area contributed by atoms with Crippen LogP contribution in [-0.2, 0) is 13.0 Å². The van der Waals surface area contributed by atoms with Crippen LogP contribution >= 0.6 is 23.2 Å². The number of benzene rings is 2. The fourth-order valence-electron chi connectivity index (χ4n) is 2.46. The number of carbonyl (C=O) groups excluding carboxylic acids is 1. The van der Waals surface area contributed by atoms with E-state index >= 15 is 0 Å². The van der Waals surface area contributed by atoms with E-state index in [0.717, 1.165) is 11.3 Å². The van der Waals surface area contributed by atoms with E-state index in [-0.39, 0.29) is 18.3 Å². The lowest BCUT2D eigenvalue weighted by atomic mass is 10.1. The largest absolute Gasteiger partial charge is 0.485 e. The first-order chi connectivity index (χ1) is 13.1. The van der Waals surface area contributed by atoms with Gasteiger partial charge in [-0.05, 0) is 48.4 Å². The maximum Gasteiger partial charge on any atom is 0.291 e. The summed E-state index contributed by atoms with van der Waals surface area (Å²) in [7, 11) is 0. The van der Waals surface area contributed by atoms with Crippen LogP contribution in [0.5, 0.6) is 5.75 Å². The molecule has 1 aromatic heterocycles. The summed E-state index contributed by atoms with van der Waals surface area (Å²) in [6, 6.07) is 15.9. The number of furan rings is 1. The van der Waals surface area contributed by atoms with Gasteiger partial charge in [0.25, 0.3) is 5.91 Å². The van der Waals surface area contributed by atoms with Crippen molar-refractivity contribution < 1.29 is 13.9 Å². The number of rotatable bonds is 7. The maximum absolute atomic E-state index is 12.3. The van der Waals surface area contributed by atoms with Crippen molar-refractivity contribution in [1.29, 1.82) is 0 Å². The Morgan fingerprint density at radius 2 is 1.93 bits per heavy atom. The van der Waals surface area contributed by atoms with Gasteiger partial charge in [-0.1, -0.05) is 47.5 Å². The molecule has 4 nitrogen and oxygen atoms in total. The number of ether oxygens (including phenoxy) is 1. The Bertz CT molecular complexity index is 966. The molecule has 0 aliphatic carbocycles. The van der Waals surface area contributed by atoms with Gasteiger partial charge in [-0.25, -0.2) is 0 Å². The van der Waals surface area contributed by atoms with Gasteiger partial charge in [0.05, 0.1) is 10.0 Å². The molecule has 0 unspecified atom stereocenters. The molecule has 0 bridgehead atoms. The zero-order chi connectivity index (χ0) is 19.2. The van der Waals surface area contributed by atoms with E-state index in [4.69, 9.17) is 32.4 Å². The third-order valence-electron chi connectivity index (χ3n) is 3.77. The van der Waals surface area contributed by atoms with E-state index < -0.39 is 0 Å². The number of anilines is 1. The zero-order valence-electron chi connectivity index (χ0n) is 14.4. The highest BCUT2D eigenvalue weighted by Gasteiger charge is 2.13. The number of nitrogens with one attached hydrogen (secondary N) is 1. The zero-order valence-corrected chi connectivity index (χ0v) is 15.9. The molecular weight excluding hydrogens is 385 g/mol. The van der Waals surface area contributed by atoms with Crippen LogP contribution in [0.25, 0.3) is 0 Å². The second-order valence-electron chi connectivity index (χ2n) is 5.74. The fraction of sp³-hybridized carbons (Fsp3) is 0.0952. The molecule has 2 aromatic carbocycles. The van der Waals surface area contributed by atoms with E-state index in [1.54, 1.807) is 30.3 Å². The predicted octanol–water partition coefficient (Wildman–Crippen LogP) is 6.15. The average Bonchev–Trinajstić information content (AvgIpc) is 3.13. The molecular formula is C21H17Cl2NO3. The Morgan fingerprint density at radius 1 is 1.11 bits per heavy atom. The van der Waals surface area contributed by atoms with Crippen LogP contribution in [0.3, 0.4) is 0 Å². The highest BCUT2D eigenvalue weighted by molar-refractivity contribution is 6.42. The molecule has 3 aromatic rings. The monoisotopic (exact) mass is 401 g/mol. The molecule has 0 saturated carbocycles. The molecule has 0 fully saturated rings. The van der Waals surface area contributed by atoms with Gasteiger partial charge < -0.3 is 14.5 Å². The molecule has 1 heterocycles.